The van der Waals surface area contributed by atoms with Crippen LogP contribution in [0, 0.1) is 0 Å². The summed E-state index contributed by atoms with van der Waals surface area (Å²) in [6.45, 7) is 0. The third-order valence-corrected chi connectivity index (χ3v) is 19.0. The normalized spacial score (nSPS) is 11.8. The minimum absolute atomic E-state index is 0.894. The number of furan rings is 1. The summed E-state index contributed by atoms with van der Waals surface area (Å²) >= 11 is 0. The molecule has 0 N–H and O–H groups in total. The highest BCUT2D eigenvalue weighted by molar-refractivity contribution is 7.19. The second kappa shape index (κ2) is 16.8. The van der Waals surface area contributed by atoms with E-state index in [1.54, 1.807) is 0 Å². The van der Waals surface area contributed by atoms with E-state index in [2.05, 4.69) is 278 Å². The number of anilines is 3. The molecule has 0 saturated heterocycles. The van der Waals surface area contributed by atoms with Gasteiger partial charge >= 0.3 is 0 Å². The Morgan fingerprint density at radius 3 is 1.39 bits per heavy atom. The quantitative estimate of drug-likeness (QED) is 0.0815. The molecular formula is C66H45NOSi. The van der Waals surface area contributed by atoms with Crippen LogP contribution in [0.4, 0.5) is 17.1 Å². The van der Waals surface area contributed by atoms with Crippen molar-refractivity contribution in [3.8, 4) is 22.3 Å². The number of nitrogens with zero attached hydrogens (tertiary/aromatic N) is 1. The zero-order valence-corrected chi connectivity index (χ0v) is 38.8. The summed E-state index contributed by atoms with van der Waals surface area (Å²) in [5.74, 6) is 0. The Hall–Kier alpha value is -8.76. The summed E-state index contributed by atoms with van der Waals surface area (Å²) in [6, 6.07) is 100. The lowest BCUT2D eigenvalue weighted by Gasteiger charge is -2.35. The molecule has 0 aliphatic carbocycles. The highest BCUT2D eigenvalue weighted by Gasteiger charge is 2.41. The standard InChI is InChI=1S/C66H45NOSi/c1-5-18-46(19-6-1)58-30-17-31-61-62-43-35-48-34-38-52(45-64(48)66(62)68-65(58)61)67(50-36-32-47(33-37-50)63-44-49-20-13-14-27-57(49)59-28-15-16-29-60(59)63)51-39-41-56(42-40-51)69(53-21-7-2-8-22-53,54-23-9-3-10-24-54)55-25-11-4-12-26-55/h1-45H. The lowest BCUT2D eigenvalue weighted by Crippen LogP contribution is -2.74. The van der Waals surface area contributed by atoms with E-state index in [1.807, 2.05) is 0 Å². The van der Waals surface area contributed by atoms with Crippen molar-refractivity contribution in [1.29, 1.82) is 0 Å². The smallest absolute Gasteiger partial charge is 0.179 e. The molecule has 324 valence electrons. The molecule has 3 heteroatoms. The van der Waals surface area contributed by atoms with Gasteiger partial charge in [-0.3, -0.25) is 0 Å². The molecule has 0 aliphatic rings. The maximum absolute atomic E-state index is 6.99. The molecule has 13 rings (SSSR count). The first-order valence-corrected chi connectivity index (χ1v) is 25.7. The van der Waals surface area contributed by atoms with Crippen molar-refractivity contribution in [3.05, 3.63) is 273 Å². The van der Waals surface area contributed by atoms with Crippen molar-refractivity contribution in [3.63, 3.8) is 0 Å². The average molecular weight is 896 g/mol. The maximum atomic E-state index is 6.99. The van der Waals surface area contributed by atoms with Gasteiger partial charge in [-0.2, -0.15) is 0 Å². The van der Waals surface area contributed by atoms with E-state index in [4.69, 9.17) is 4.42 Å². The summed E-state index contributed by atoms with van der Waals surface area (Å²) < 4.78 is 6.99. The Bertz CT molecular complexity index is 3880. The Balaban J connectivity index is 1.00. The van der Waals surface area contributed by atoms with Crippen LogP contribution >= 0.6 is 0 Å². The minimum Gasteiger partial charge on any atom is -0.455 e. The summed E-state index contributed by atoms with van der Waals surface area (Å²) in [5, 5.41) is 14.8. The van der Waals surface area contributed by atoms with Gasteiger partial charge in [0.15, 0.2) is 8.07 Å². The van der Waals surface area contributed by atoms with E-state index in [0.29, 0.717) is 0 Å². The largest absolute Gasteiger partial charge is 0.455 e. The Morgan fingerprint density at radius 1 is 0.261 bits per heavy atom. The van der Waals surface area contributed by atoms with Gasteiger partial charge in [0, 0.05) is 38.8 Å². The van der Waals surface area contributed by atoms with E-state index < -0.39 is 8.07 Å². The predicted molar refractivity (Wildman–Crippen MR) is 295 cm³/mol. The molecule has 0 spiro atoms. The summed E-state index contributed by atoms with van der Waals surface area (Å²) in [4.78, 5) is 2.40. The van der Waals surface area contributed by atoms with Gasteiger partial charge in [0.1, 0.15) is 11.2 Å². The first-order chi connectivity index (χ1) is 34.2. The van der Waals surface area contributed by atoms with Crippen LogP contribution in [-0.2, 0) is 0 Å². The van der Waals surface area contributed by atoms with Gasteiger partial charge in [-0.05, 0) is 113 Å². The number of fused-ring (bicyclic) bond motifs is 8. The van der Waals surface area contributed by atoms with E-state index >= 15 is 0 Å². The number of para-hydroxylation sites is 1. The number of hydrogen-bond donors (Lipinski definition) is 0. The molecule has 0 unspecified atom stereocenters. The molecule has 1 aromatic heterocycles. The fourth-order valence-electron chi connectivity index (χ4n) is 11.0. The molecule has 0 amide bonds. The van der Waals surface area contributed by atoms with Crippen molar-refractivity contribution < 1.29 is 4.42 Å². The van der Waals surface area contributed by atoms with Crippen LogP contribution in [0.2, 0.25) is 0 Å². The van der Waals surface area contributed by atoms with E-state index in [0.717, 1.165) is 60.9 Å². The number of benzene rings is 12. The van der Waals surface area contributed by atoms with Gasteiger partial charge in [-0.15, -0.1) is 0 Å². The SMILES string of the molecule is c1ccc(-c2cccc3c2oc2c4cc(N(c5ccc(-c6cc7ccccc7c7ccccc67)cc5)c5ccc([Si](c6ccccc6)(c6ccccc6)c6ccccc6)cc5)ccc4ccc32)cc1. The fraction of sp³-hybridized carbons (Fsp3) is 0. The molecule has 69 heavy (non-hydrogen) atoms. The van der Waals surface area contributed by atoms with Gasteiger partial charge in [0.2, 0.25) is 0 Å². The fourth-order valence-corrected chi connectivity index (χ4v) is 15.7. The Labute approximate surface area is 402 Å². The van der Waals surface area contributed by atoms with E-state index in [-0.39, 0.29) is 0 Å². The van der Waals surface area contributed by atoms with Gasteiger partial charge in [0.05, 0.1) is 0 Å². The predicted octanol–water partition coefficient (Wildman–Crippen LogP) is 15.2. The Kier molecular flexibility index (Phi) is 9.88. The first kappa shape index (κ1) is 40.5. The highest BCUT2D eigenvalue weighted by atomic mass is 28.3. The van der Waals surface area contributed by atoms with Crippen LogP contribution in [0.3, 0.4) is 0 Å². The minimum atomic E-state index is -2.75. The third-order valence-electron chi connectivity index (χ3n) is 14.2. The maximum Gasteiger partial charge on any atom is 0.179 e. The summed E-state index contributed by atoms with van der Waals surface area (Å²) in [5.41, 5.74) is 9.62. The highest BCUT2D eigenvalue weighted by Crippen LogP contribution is 2.43. The molecule has 0 radical (unpaired) electrons. The number of hydrogen-bond acceptors (Lipinski definition) is 2. The van der Waals surface area contributed by atoms with Crippen LogP contribution in [0.15, 0.2) is 277 Å². The Morgan fingerprint density at radius 2 is 0.739 bits per heavy atom. The van der Waals surface area contributed by atoms with Crippen LogP contribution < -0.4 is 25.6 Å². The zero-order chi connectivity index (χ0) is 45.7. The molecule has 1 heterocycles. The van der Waals surface area contributed by atoms with E-state index in [9.17, 15) is 0 Å². The van der Waals surface area contributed by atoms with Crippen LogP contribution in [0.5, 0.6) is 0 Å². The second-order valence-electron chi connectivity index (χ2n) is 18.0. The summed E-state index contributed by atoms with van der Waals surface area (Å²) in [6.07, 6.45) is 0. The van der Waals surface area contributed by atoms with Crippen molar-refractivity contribution >= 4 is 100 Å². The van der Waals surface area contributed by atoms with Gasteiger partial charge in [-0.1, -0.05) is 224 Å². The van der Waals surface area contributed by atoms with Crippen molar-refractivity contribution in [2.75, 3.05) is 4.90 Å². The zero-order valence-electron chi connectivity index (χ0n) is 37.8. The molecule has 12 aromatic carbocycles. The molecule has 13 aromatic rings. The first-order valence-electron chi connectivity index (χ1n) is 23.7. The van der Waals surface area contributed by atoms with Gasteiger partial charge in [-0.25, -0.2) is 0 Å². The lowest BCUT2D eigenvalue weighted by molar-refractivity contribution is 0.674. The van der Waals surface area contributed by atoms with Crippen LogP contribution in [0.1, 0.15) is 0 Å². The molecule has 0 fully saturated rings. The van der Waals surface area contributed by atoms with Gasteiger partial charge < -0.3 is 9.32 Å². The summed E-state index contributed by atoms with van der Waals surface area (Å²) in [7, 11) is -2.75. The average Bonchev–Trinajstić information content (AvgIpc) is 3.83. The molecule has 0 bridgehead atoms. The van der Waals surface area contributed by atoms with Gasteiger partial charge in [0.25, 0.3) is 0 Å². The topological polar surface area (TPSA) is 16.4 Å². The third kappa shape index (κ3) is 6.78. The monoisotopic (exact) mass is 895 g/mol. The number of rotatable bonds is 9. The van der Waals surface area contributed by atoms with Crippen LogP contribution in [-0.4, -0.2) is 8.07 Å². The van der Waals surface area contributed by atoms with E-state index in [1.165, 1.54) is 53.4 Å². The molecule has 2 nitrogen and oxygen atoms in total. The lowest BCUT2D eigenvalue weighted by atomic mass is 9.93. The molecular weight excluding hydrogens is 851 g/mol. The molecule has 0 saturated carbocycles. The van der Waals surface area contributed by atoms with Crippen molar-refractivity contribution in [2.45, 2.75) is 0 Å². The van der Waals surface area contributed by atoms with Crippen LogP contribution in [0.25, 0.3) is 76.5 Å². The van der Waals surface area contributed by atoms with Crippen molar-refractivity contribution in [1.82, 2.24) is 0 Å². The van der Waals surface area contributed by atoms with Crippen molar-refractivity contribution in [2.24, 2.45) is 0 Å². The second-order valence-corrected chi connectivity index (χ2v) is 21.8. The molecule has 0 atom stereocenters. The molecule has 0 aliphatic heterocycles.